The van der Waals surface area contributed by atoms with E-state index < -0.39 is 16.9 Å². The second kappa shape index (κ2) is 7.36. The third kappa shape index (κ3) is 6.12. The minimum Gasteiger partial charge on any atom is -0.469 e. The van der Waals surface area contributed by atoms with Crippen LogP contribution in [0.2, 0.25) is 0 Å². The Bertz CT molecular complexity index is 363. The van der Waals surface area contributed by atoms with E-state index in [0.717, 1.165) is 0 Å². The third-order valence-electron chi connectivity index (χ3n) is 3.50. The molecule has 0 aromatic carbocycles. The van der Waals surface area contributed by atoms with Gasteiger partial charge in [-0.2, -0.15) is 0 Å². The summed E-state index contributed by atoms with van der Waals surface area (Å²) in [5.41, 5.74) is -1.00. The van der Waals surface area contributed by atoms with Gasteiger partial charge in [0.2, 0.25) is 6.04 Å². The molecule has 1 atom stereocenters. The summed E-state index contributed by atoms with van der Waals surface area (Å²) in [5, 5.41) is 11.2. The lowest BCUT2D eigenvalue weighted by Gasteiger charge is -2.35. The molecule has 0 heterocycles. The van der Waals surface area contributed by atoms with Crippen molar-refractivity contribution in [2.24, 2.45) is 10.8 Å². The smallest absolute Gasteiger partial charge is 0.306 e. The van der Waals surface area contributed by atoms with Gasteiger partial charge in [-0.05, 0) is 11.8 Å². The van der Waals surface area contributed by atoms with Crippen LogP contribution < -0.4 is 0 Å². The van der Waals surface area contributed by atoms with E-state index in [2.05, 4.69) is 4.74 Å². The molecule has 1 unspecified atom stereocenters. The Hall–Kier alpha value is -1.46. The van der Waals surface area contributed by atoms with E-state index in [1.807, 2.05) is 27.7 Å². The second-order valence-electron chi connectivity index (χ2n) is 6.63. The van der Waals surface area contributed by atoms with Gasteiger partial charge in [0.25, 0.3) is 0 Å². The van der Waals surface area contributed by atoms with Gasteiger partial charge in [-0.3, -0.25) is 14.9 Å². The Morgan fingerprint density at radius 1 is 1.35 bits per heavy atom. The molecule has 6 nitrogen and oxygen atoms in total. The molecule has 0 aliphatic carbocycles. The summed E-state index contributed by atoms with van der Waals surface area (Å²) in [6, 6.07) is -0.801. The predicted octanol–water partition coefficient (Wildman–Crippen LogP) is 2.62. The van der Waals surface area contributed by atoms with Crippen molar-refractivity contribution in [1.29, 1.82) is 0 Å². The minimum atomic E-state index is -0.801. The lowest BCUT2D eigenvalue weighted by molar-refractivity contribution is -0.542. The first kappa shape index (κ1) is 18.5. The molecule has 0 radical (unpaired) electrons. The van der Waals surface area contributed by atoms with E-state index in [4.69, 9.17) is 0 Å². The Labute approximate surface area is 120 Å². The maximum Gasteiger partial charge on any atom is 0.306 e. The van der Waals surface area contributed by atoms with Gasteiger partial charge < -0.3 is 9.53 Å². The molecule has 0 rings (SSSR count). The molecule has 0 N–H and O–H groups in total. The lowest BCUT2D eigenvalue weighted by atomic mass is 9.69. The summed E-state index contributed by atoms with van der Waals surface area (Å²) in [5.74, 6) is -0.323. The predicted molar refractivity (Wildman–Crippen MR) is 74.9 cm³/mol. The summed E-state index contributed by atoms with van der Waals surface area (Å²) in [4.78, 5) is 32.7. The average Bonchev–Trinajstić information content (AvgIpc) is 2.26. The molecule has 116 valence electrons. The van der Waals surface area contributed by atoms with Gasteiger partial charge in [-0.15, -0.1) is 0 Å². The third-order valence-corrected chi connectivity index (χ3v) is 3.50. The highest BCUT2D eigenvalue weighted by Gasteiger charge is 2.42. The van der Waals surface area contributed by atoms with Gasteiger partial charge in [-0.1, -0.05) is 27.7 Å². The highest BCUT2D eigenvalue weighted by Crippen LogP contribution is 2.40. The van der Waals surface area contributed by atoms with Crippen LogP contribution in [0.3, 0.4) is 0 Å². The largest absolute Gasteiger partial charge is 0.469 e. The first-order chi connectivity index (χ1) is 9.05. The van der Waals surface area contributed by atoms with Gasteiger partial charge in [0.15, 0.2) is 0 Å². The number of carbonyl (C=O) groups excluding carboxylic acids is 2. The lowest BCUT2D eigenvalue weighted by Crippen LogP contribution is -2.40. The van der Waals surface area contributed by atoms with Crippen molar-refractivity contribution in [3.8, 4) is 0 Å². The summed E-state index contributed by atoms with van der Waals surface area (Å²) in [6.07, 6.45) is 1.81. The first-order valence-corrected chi connectivity index (χ1v) is 6.69. The number of carbonyl (C=O) groups is 2. The fourth-order valence-electron chi connectivity index (χ4n) is 2.88. The standard InChI is InChI=1S/C14H25NO5/c1-13(2,9-12(17)20-5)10-14(3,4)11(15(18)19)7-6-8-16/h8,11H,6-7,9-10H2,1-5H3. The zero-order chi connectivity index (χ0) is 16.0. The molecule has 20 heavy (non-hydrogen) atoms. The maximum absolute atomic E-state index is 11.4. The van der Waals surface area contributed by atoms with E-state index in [0.29, 0.717) is 12.7 Å². The van der Waals surface area contributed by atoms with E-state index in [-0.39, 0.29) is 30.2 Å². The number of methoxy groups -OCH3 is 1. The van der Waals surface area contributed by atoms with Crippen LogP contribution in [0.1, 0.15) is 53.4 Å². The van der Waals surface area contributed by atoms with E-state index in [1.54, 1.807) is 0 Å². The minimum absolute atomic E-state index is 0.173. The Morgan fingerprint density at radius 3 is 2.30 bits per heavy atom. The van der Waals surface area contributed by atoms with Crippen molar-refractivity contribution in [2.45, 2.75) is 59.4 Å². The SMILES string of the molecule is COC(=O)CC(C)(C)CC(C)(C)C(CCC=O)[N+](=O)[O-]. The first-order valence-electron chi connectivity index (χ1n) is 6.69. The molecule has 0 saturated carbocycles. The number of aldehydes is 1. The van der Waals surface area contributed by atoms with Gasteiger partial charge in [-0.25, -0.2) is 0 Å². The molecular weight excluding hydrogens is 262 g/mol. The monoisotopic (exact) mass is 287 g/mol. The zero-order valence-electron chi connectivity index (χ0n) is 13.0. The van der Waals surface area contributed by atoms with Gasteiger partial charge in [0.1, 0.15) is 6.29 Å². The topological polar surface area (TPSA) is 86.5 Å². The van der Waals surface area contributed by atoms with Crippen LogP contribution in [0, 0.1) is 20.9 Å². The zero-order valence-corrected chi connectivity index (χ0v) is 13.0. The highest BCUT2D eigenvalue weighted by molar-refractivity contribution is 5.69. The maximum atomic E-state index is 11.4. The highest BCUT2D eigenvalue weighted by atomic mass is 16.6. The van der Waals surface area contributed by atoms with Gasteiger partial charge in [0, 0.05) is 23.2 Å². The summed E-state index contributed by atoms with van der Waals surface area (Å²) < 4.78 is 4.65. The Kier molecular flexibility index (Phi) is 6.82. The molecule has 0 bridgehead atoms. The number of nitro groups is 1. The Balaban J connectivity index is 4.94. The number of hydrogen-bond donors (Lipinski definition) is 0. The summed E-state index contributed by atoms with van der Waals surface area (Å²) in [6.45, 7) is 7.40. The van der Waals surface area contributed by atoms with Crippen molar-refractivity contribution in [3.63, 3.8) is 0 Å². The van der Waals surface area contributed by atoms with Gasteiger partial charge in [0.05, 0.1) is 13.5 Å². The quantitative estimate of drug-likeness (QED) is 0.281. The Morgan fingerprint density at radius 2 is 1.90 bits per heavy atom. The van der Waals surface area contributed by atoms with Crippen LogP contribution in [-0.2, 0) is 14.3 Å². The van der Waals surface area contributed by atoms with Crippen LogP contribution in [-0.4, -0.2) is 30.3 Å². The van der Waals surface area contributed by atoms with Crippen molar-refractivity contribution >= 4 is 12.3 Å². The molecular formula is C14H25NO5. The van der Waals surface area contributed by atoms with Crippen molar-refractivity contribution in [2.75, 3.05) is 7.11 Å². The van der Waals surface area contributed by atoms with Crippen molar-refractivity contribution in [1.82, 2.24) is 0 Å². The van der Waals surface area contributed by atoms with Gasteiger partial charge >= 0.3 is 5.97 Å². The van der Waals surface area contributed by atoms with Crippen LogP contribution >= 0.6 is 0 Å². The number of hydrogen-bond acceptors (Lipinski definition) is 5. The average molecular weight is 287 g/mol. The molecule has 0 aromatic heterocycles. The number of nitrogens with zero attached hydrogens (tertiary/aromatic N) is 1. The molecule has 0 aromatic rings. The van der Waals surface area contributed by atoms with Crippen LogP contribution in [0.15, 0.2) is 0 Å². The molecule has 0 aliphatic heterocycles. The van der Waals surface area contributed by atoms with Crippen LogP contribution in [0.4, 0.5) is 0 Å². The molecule has 0 saturated heterocycles. The summed E-state index contributed by atoms with van der Waals surface area (Å²) in [7, 11) is 1.33. The van der Waals surface area contributed by atoms with E-state index in [1.165, 1.54) is 7.11 Å². The number of rotatable bonds is 9. The van der Waals surface area contributed by atoms with Crippen LogP contribution in [0.5, 0.6) is 0 Å². The normalized spacial score (nSPS) is 13.7. The summed E-state index contributed by atoms with van der Waals surface area (Å²) >= 11 is 0. The molecule has 6 heteroatoms. The van der Waals surface area contributed by atoms with Crippen molar-refractivity contribution < 1.29 is 19.2 Å². The van der Waals surface area contributed by atoms with Crippen LogP contribution in [0.25, 0.3) is 0 Å². The van der Waals surface area contributed by atoms with E-state index in [9.17, 15) is 19.7 Å². The van der Waals surface area contributed by atoms with E-state index >= 15 is 0 Å². The molecule has 0 spiro atoms. The molecule has 0 amide bonds. The molecule has 0 fully saturated rings. The number of esters is 1. The number of ether oxygens (including phenoxy) is 1. The van der Waals surface area contributed by atoms with Crippen molar-refractivity contribution in [3.05, 3.63) is 10.1 Å². The second-order valence-corrected chi connectivity index (χ2v) is 6.63. The fraction of sp³-hybridized carbons (Fsp3) is 0.857. The molecule has 0 aliphatic rings. The fourth-order valence-corrected chi connectivity index (χ4v) is 2.88.